The Kier molecular flexibility index (Phi) is 5.03. The molecule has 1 aromatic rings. The minimum Gasteiger partial charge on any atom is -0.352 e. The van der Waals surface area contributed by atoms with Crippen LogP contribution in [0, 0.1) is 17.6 Å². The Labute approximate surface area is 99.2 Å². The molecule has 0 aromatic heterocycles. The molecule has 0 bridgehead atoms. The van der Waals surface area contributed by atoms with Crippen LogP contribution in [0.2, 0.25) is 0 Å². The highest BCUT2D eigenvalue weighted by molar-refractivity contribution is 5.94. The topological polar surface area (TPSA) is 41.1 Å². The molecular formula is C12H16F2N2O. The molecular weight excluding hydrogens is 226 g/mol. The number of carbonyl (C=O) groups is 1. The number of hydrogen-bond acceptors (Lipinski definition) is 2. The Balaban J connectivity index is 2.58. The van der Waals surface area contributed by atoms with Crippen molar-refractivity contribution in [3.63, 3.8) is 0 Å². The number of hydrogen-bond donors (Lipinski definition) is 2. The van der Waals surface area contributed by atoms with Gasteiger partial charge in [-0.15, -0.1) is 0 Å². The molecule has 1 amide bonds. The average molecular weight is 242 g/mol. The molecule has 0 aliphatic carbocycles. The van der Waals surface area contributed by atoms with E-state index in [1.54, 1.807) is 0 Å². The number of halogens is 2. The van der Waals surface area contributed by atoms with Gasteiger partial charge in [-0.25, -0.2) is 8.78 Å². The number of benzene rings is 1. The largest absolute Gasteiger partial charge is 0.352 e. The molecule has 17 heavy (non-hydrogen) atoms. The molecule has 0 saturated heterocycles. The highest BCUT2D eigenvalue weighted by atomic mass is 19.1. The van der Waals surface area contributed by atoms with Crippen LogP contribution < -0.4 is 10.6 Å². The van der Waals surface area contributed by atoms with Crippen LogP contribution in [0.1, 0.15) is 17.3 Å². The van der Waals surface area contributed by atoms with Gasteiger partial charge in [-0.1, -0.05) is 6.92 Å². The van der Waals surface area contributed by atoms with Crippen LogP contribution in [0.3, 0.4) is 0 Å². The normalized spacial score (nSPS) is 12.2. The monoisotopic (exact) mass is 242 g/mol. The lowest BCUT2D eigenvalue weighted by molar-refractivity contribution is 0.0944. The summed E-state index contributed by atoms with van der Waals surface area (Å²) in [5.41, 5.74) is -0.136. The highest BCUT2D eigenvalue weighted by Crippen LogP contribution is 2.09. The molecule has 5 heteroatoms. The van der Waals surface area contributed by atoms with Gasteiger partial charge in [-0.05, 0) is 31.6 Å². The van der Waals surface area contributed by atoms with E-state index in [0.29, 0.717) is 12.6 Å². The maximum Gasteiger partial charge on any atom is 0.254 e. The first kappa shape index (κ1) is 13.6. The standard InChI is InChI=1S/C12H16F2N2O/c1-8(6-15-2)7-16-12(17)10-4-3-9(13)5-11(10)14/h3-5,8,15H,6-7H2,1-2H3,(H,16,17). The summed E-state index contributed by atoms with van der Waals surface area (Å²) in [6.07, 6.45) is 0. The Morgan fingerprint density at radius 2 is 2.06 bits per heavy atom. The minimum absolute atomic E-state index is 0.136. The molecule has 0 saturated carbocycles. The van der Waals surface area contributed by atoms with Gasteiger partial charge < -0.3 is 10.6 Å². The third kappa shape index (κ3) is 4.11. The zero-order chi connectivity index (χ0) is 12.8. The summed E-state index contributed by atoms with van der Waals surface area (Å²) in [6.45, 7) is 3.15. The van der Waals surface area contributed by atoms with Crippen LogP contribution in [0.5, 0.6) is 0 Å². The van der Waals surface area contributed by atoms with E-state index >= 15 is 0 Å². The molecule has 0 spiro atoms. The van der Waals surface area contributed by atoms with Crippen molar-refractivity contribution in [2.75, 3.05) is 20.1 Å². The number of nitrogens with one attached hydrogen (secondary N) is 2. The van der Waals surface area contributed by atoms with E-state index in [4.69, 9.17) is 0 Å². The Bertz CT molecular complexity index is 396. The van der Waals surface area contributed by atoms with Crippen molar-refractivity contribution in [1.82, 2.24) is 10.6 Å². The molecule has 0 heterocycles. The summed E-state index contributed by atoms with van der Waals surface area (Å²) >= 11 is 0. The second-order valence-electron chi connectivity index (χ2n) is 4.00. The Morgan fingerprint density at radius 1 is 1.35 bits per heavy atom. The van der Waals surface area contributed by atoms with Crippen molar-refractivity contribution in [2.24, 2.45) is 5.92 Å². The number of amides is 1. The zero-order valence-corrected chi connectivity index (χ0v) is 9.89. The summed E-state index contributed by atoms with van der Waals surface area (Å²) in [4.78, 5) is 11.6. The van der Waals surface area contributed by atoms with Crippen LogP contribution in [-0.2, 0) is 0 Å². The number of rotatable bonds is 5. The Morgan fingerprint density at radius 3 is 2.65 bits per heavy atom. The summed E-state index contributed by atoms with van der Waals surface area (Å²) in [7, 11) is 1.82. The second-order valence-corrected chi connectivity index (χ2v) is 4.00. The van der Waals surface area contributed by atoms with E-state index in [1.807, 2.05) is 14.0 Å². The predicted octanol–water partition coefficient (Wildman–Crippen LogP) is 1.55. The molecule has 1 unspecified atom stereocenters. The van der Waals surface area contributed by atoms with Gasteiger partial charge >= 0.3 is 0 Å². The van der Waals surface area contributed by atoms with Crippen LogP contribution >= 0.6 is 0 Å². The van der Waals surface area contributed by atoms with Crippen molar-refractivity contribution >= 4 is 5.91 Å². The minimum atomic E-state index is -0.844. The lowest BCUT2D eigenvalue weighted by Crippen LogP contribution is -2.32. The molecule has 1 aromatic carbocycles. The average Bonchev–Trinajstić information content (AvgIpc) is 2.26. The van der Waals surface area contributed by atoms with Gasteiger partial charge in [0.15, 0.2) is 0 Å². The van der Waals surface area contributed by atoms with Gasteiger partial charge in [0.05, 0.1) is 5.56 Å². The first-order chi connectivity index (χ1) is 8.04. The van der Waals surface area contributed by atoms with Crippen LogP contribution in [0.4, 0.5) is 8.78 Å². The van der Waals surface area contributed by atoms with Crippen LogP contribution in [-0.4, -0.2) is 26.0 Å². The van der Waals surface area contributed by atoms with Crippen LogP contribution in [0.15, 0.2) is 18.2 Å². The summed E-state index contributed by atoms with van der Waals surface area (Å²) in [5.74, 6) is -1.82. The molecule has 0 aliphatic rings. The predicted molar refractivity (Wildman–Crippen MR) is 61.8 cm³/mol. The van der Waals surface area contributed by atoms with Crippen LogP contribution in [0.25, 0.3) is 0 Å². The first-order valence-corrected chi connectivity index (χ1v) is 5.42. The number of carbonyl (C=O) groups excluding carboxylic acids is 1. The van der Waals surface area contributed by atoms with Crippen molar-refractivity contribution in [1.29, 1.82) is 0 Å². The SMILES string of the molecule is CNCC(C)CNC(=O)c1ccc(F)cc1F. The fraction of sp³-hybridized carbons (Fsp3) is 0.417. The van der Waals surface area contributed by atoms with Gasteiger partial charge in [0.1, 0.15) is 11.6 Å². The van der Waals surface area contributed by atoms with E-state index in [2.05, 4.69) is 10.6 Å². The summed E-state index contributed by atoms with van der Waals surface area (Å²) in [5, 5.41) is 5.58. The van der Waals surface area contributed by atoms with Crippen molar-refractivity contribution in [3.05, 3.63) is 35.4 Å². The van der Waals surface area contributed by atoms with E-state index in [-0.39, 0.29) is 11.5 Å². The van der Waals surface area contributed by atoms with E-state index in [1.165, 1.54) is 0 Å². The molecule has 2 N–H and O–H groups in total. The quantitative estimate of drug-likeness (QED) is 0.822. The molecule has 1 atom stereocenters. The molecule has 0 radical (unpaired) electrons. The Hall–Kier alpha value is -1.49. The fourth-order valence-corrected chi connectivity index (χ4v) is 1.46. The first-order valence-electron chi connectivity index (χ1n) is 5.42. The van der Waals surface area contributed by atoms with E-state index in [9.17, 15) is 13.6 Å². The highest BCUT2D eigenvalue weighted by Gasteiger charge is 2.12. The molecule has 0 aliphatic heterocycles. The van der Waals surface area contributed by atoms with Gasteiger partial charge in [-0.3, -0.25) is 4.79 Å². The smallest absolute Gasteiger partial charge is 0.254 e. The lowest BCUT2D eigenvalue weighted by Gasteiger charge is -2.12. The van der Waals surface area contributed by atoms with Crippen molar-refractivity contribution < 1.29 is 13.6 Å². The summed E-state index contributed by atoms with van der Waals surface area (Å²) in [6, 6.07) is 2.91. The van der Waals surface area contributed by atoms with E-state index < -0.39 is 17.5 Å². The van der Waals surface area contributed by atoms with Gasteiger partial charge in [0.2, 0.25) is 0 Å². The molecule has 3 nitrogen and oxygen atoms in total. The third-order valence-electron chi connectivity index (χ3n) is 2.34. The van der Waals surface area contributed by atoms with Gasteiger partial charge in [0.25, 0.3) is 5.91 Å². The van der Waals surface area contributed by atoms with Gasteiger partial charge in [-0.2, -0.15) is 0 Å². The summed E-state index contributed by atoms with van der Waals surface area (Å²) < 4.78 is 25.9. The molecule has 1 rings (SSSR count). The molecule has 94 valence electrons. The zero-order valence-electron chi connectivity index (χ0n) is 9.89. The van der Waals surface area contributed by atoms with Crippen molar-refractivity contribution in [2.45, 2.75) is 6.92 Å². The second kappa shape index (κ2) is 6.30. The fourth-order valence-electron chi connectivity index (χ4n) is 1.46. The van der Waals surface area contributed by atoms with Gasteiger partial charge in [0, 0.05) is 12.6 Å². The third-order valence-corrected chi connectivity index (χ3v) is 2.34. The maximum atomic E-state index is 13.3. The lowest BCUT2D eigenvalue weighted by atomic mass is 10.1. The molecule has 0 fully saturated rings. The van der Waals surface area contributed by atoms with E-state index in [0.717, 1.165) is 18.7 Å². The maximum absolute atomic E-state index is 13.3. The van der Waals surface area contributed by atoms with Crippen molar-refractivity contribution in [3.8, 4) is 0 Å².